The van der Waals surface area contributed by atoms with Crippen molar-refractivity contribution in [2.45, 2.75) is 4.90 Å². The van der Waals surface area contributed by atoms with E-state index in [9.17, 15) is 16.3 Å². The van der Waals surface area contributed by atoms with Crippen molar-refractivity contribution in [2.75, 3.05) is 0 Å². The van der Waals surface area contributed by atoms with Gasteiger partial charge in [-0.15, -0.1) is 0 Å². The number of rotatable bonds is 3. The van der Waals surface area contributed by atoms with Crippen LogP contribution in [0, 0.1) is 0 Å². The average Bonchev–Trinajstić information content (AvgIpc) is 2.39. The van der Waals surface area contributed by atoms with Crippen LogP contribution in [0.4, 0.5) is 0 Å². The third kappa shape index (κ3) is 3.63. The molecule has 1 unspecified atom stereocenters. The maximum absolute atomic E-state index is 12.5. The first kappa shape index (κ1) is 16.8. The molecule has 0 spiro atoms. The van der Waals surface area contributed by atoms with Gasteiger partial charge < -0.3 is 0 Å². The summed E-state index contributed by atoms with van der Waals surface area (Å²) in [5, 5.41) is 0. The molecule has 2 aromatic rings. The van der Waals surface area contributed by atoms with E-state index < -0.39 is 24.5 Å². The molecule has 0 heterocycles. The van der Waals surface area contributed by atoms with Crippen LogP contribution in [0.3, 0.4) is 0 Å². The van der Waals surface area contributed by atoms with Gasteiger partial charge in [-0.1, -0.05) is 0 Å². The molecule has 0 aliphatic carbocycles. The molecule has 0 radical (unpaired) electrons. The summed E-state index contributed by atoms with van der Waals surface area (Å²) in [6, 6.07) is 13.9. The van der Waals surface area contributed by atoms with Crippen LogP contribution >= 0.6 is 0 Å². The van der Waals surface area contributed by atoms with Crippen molar-refractivity contribution in [3.63, 3.8) is 0 Å². The smallest absolute Gasteiger partial charge is 1.00 e. The van der Waals surface area contributed by atoms with E-state index in [2.05, 4.69) is 0 Å². The minimum atomic E-state index is -4.59. The van der Waals surface area contributed by atoms with Crippen LogP contribution in [0.5, 0.6) is 0 Å². The first-order chi connectivity index (χ1) is 8.53. The van der Waals surface area contributed by atoms with Gasteiger partial charge in [-0.05, 0) is 0 Å². The van der Waals surface area contributed by atoms with Gasteiger partial charge in [-0.3, -0.25) is 0 Å². The topological polar surface area (TPSA) is 71.4 Å². The molecule has 0 fully saturated rings. The molecule has 2 aromatic carbocycles. The summed E-state index contributed by atoms with van der Waals surface area (Å²) in [5.41, 5.74) is 0. The standard InChI is InChI=1S/C12H10AsO4S.Na/c14-13(15,10-6-2-1-3-7-10)11-8-4-5-9-12(11)18(16)17;/h1-9H,(H,14,15);/q-1;+1. The van der Waals surface area contributed by atoms with Gasteiger partial charge in [0.15, 0.2) is 0 Å². The molecule has 19 heavy (non-hydrogen) atoms. The molecule has 1 atom stereocenters. The minimum absolute atomic E-state index is 0. The van der Waals surface area contributed by atoms with Crippen molar-refractivity contribution in [2.24, 2.45) is 0 Å². The van der Waals surface area contributed by atoms with Crippen LogP contribution in [0.15, 0.2) is 59.5 Å². The SMILES string of the molecule is O=[S-](=O)c1ccccc1[As](=O)(O)c1ccccc1.[Na+]. The fourth-order valence-electron chi connectivity index (χ4n) is 1.62. The van der Waals surface area contributed by atoms with Crippen LogP contribution in [0.1, 0.15) is 0 Å². The third-order valence-corrected chi connectivity index (χ3v) is 7.80. The molecular weight excluding hydrogens is 338 g/mol. The van der Waals surface area contributed by atoms with Crippen LogP contribution in [0.2, 0.25) is 0 Å². The first-order valence-corrected chi connectivity index (χ1v) is 9.66. The molecule has 0 bridgehead atoms. The summed E-state index contributed by atoms with van der Waals surface area (Å²) < 4.78 is 45.1. The molecular formula is C12H10AsNaO4S. The Morgan fingerprint density at radius 2 is 1.42 bits per heavy atom. The second kappa shape index (κ2) is 6.93. The number of benzene rings is 2. The third-order valence-electron chi connectivity index (χ3n) is 2.48. The van der Waals surface area contributed by atoms with Crippen molar-refractivity contribution < 1.29 is 45.8 Å². The van der Waals surface area contributed by atoms with E-state index in [1.165, 1.54) is 30.3 Å². The Hall–Kier alpha value is -0.292. The second-order valence-corrected chi connectivity index (χ2v) is 9.03. The normalized spacial score (nSPS) is 13.6. The summed E-state index contributed by atoms with van der Waals surface area (Å²) in [7, 11) is -2.53. The Bertz CT molecular complexity index is 677. The Balaban J connectivity index is 0.00000180. The summed E-state index contributed by atoms with van der Waals surface area (Å²) in [5.74, 6) is 0. The molecule has 0 aliphatic rings. The molecule has 7 heteroatoms. The predicted octanol–water partition coefficient (Wildman–Crippen LogP) is -2.66. The van der Waals surface area contributed by atoms with Gasteiger partial charge in [-0.2, -0.15) is 0 Å². The fourth-order valence-corrected chi connectivity index (χ4v) is 6.34. The molecule has 0 saturated carbocycles. The van der Waals surface area contributed by atoms with Gasteiger partial charge in [-0.25, -0.2) is 0 Å². The average molecular weight is 348 g/mol. The van der Waals surface area contributed by atoms with E-state index in [0.717, 1.165) is 0 Å². The van der Waals surface area contributed by atoms with Crippen molar-refractivity contribution in [3.8, 4) is 0 Å². The Kier molecular flexibility index (Phi) is 6.11. The van der Waals surface area contributed by atoms with E-state index in [-0.39, 0.29) is 43.2 Å². The predicted molar refractivity (Wildman–Crippen MR) is 67.8 cm³/mol. The maximum Gasteiger partial charge on any atom is 1.00 e. The van der Waals surface area contributed by atoms with Gasteiger partial charge in [0.2, 0.25) is 0 Å². The van der Waals surface area contributed by atoms with Crippen LogP contribution in [-0.2, 0) is 22.9 Å². The molecule has 0 saturated heterocycles. The Labute approximate surface area is 137 Å². The molecule has 1 N–H and O–H groups in total. The first-order valence-electron chi connectivity index (χ1n) is 5.11. The summed E-state index contributed by atoms with van der Waals surface area (Å²) >= 11 is -4.59. The number of hydrogen-bond donors (Lipinski definition) is 1. The van der Waals surface area contributed by atoms with Gasteiger partial charge in [0.25, 0.3) is 0 Å². The molecule has 0 aliphatic heterocycles. The molecule has 94 valence electrons. The van der Waals surface area contributed by atoms with Crippen LogP contribution in [-0.4, -0.2) is 17.9 Å². The zero-order valence-electron chi connectivity index (χ0n) is 10.2. The van der Waals surface area contributed by atoms with Gasteiger partial charge >= 0.3 is 139 Å². The fraction of sp³-hybridized carbons (Fsp3) is 0. The van der Waals surface area contributed by atoms with Crippen molar-refractivity contribution in [3.05, 3.63) is 54.6 Å². The zero-order valence-corrected chi connectivity index (χ0v) is 14.9. The minimum Gasteiger partial charge on any atom is 1.00 e. The Morgan fingerprint density at radius 1 is 0.895 bits per heavy atom. The van der Waals surface area contributed by atoms with Gasteiger partial charge in [0, 0.05) is 0 Å². The summed E-state index contributed by atoms with van der Waals surface area (Å²) in [6.07, 6.45) is 0. The van der Waals surface area contributed by atoms with Crippen molar-refractivity contribution >= 4 is 33.2 Å². The van der Waals surface area contributed by atoms with E-state index in [1.54, 1.807) is 24.3 Å². The van der Waals surface area contributed by atoms with E-state index >= 15 is 0 Å². The van der Waals surface area contributed by atoms with Crippen molar-refractivity contribution in [1.29, 1.82) is 0 Å². The van der Waals surface area contributed by atoms with Crippen molar-refractivity contribution in [1.82, 2.24) is 0 Å². The van der Waals surface area contributed by atoms with Crippen LogP contribution in [0.25, 0.3) is 0 Å². The number of hydrogen-bond acceptors (Lipinski definition) is 4. The molecule has 4 nitrogen and oxygen atoms in total. The molecule has 2 rings (SSSR count). The van der Waals surface area contributed by atoms with Gasteiger partial charge in [0.05, 0.1) is 0 Å². The molecule has 0 aromatic heterocycles. The van der Waals surface area contributed by atoms with E-state index in [1.807, 2.05) is 0 Å². The molecule has 0 amide bonds. The monoisotopic (exact) mass is 348 g/mol. The largest absolute Gasteiger partial charge is 1.00 e. The van der Waals surface area contributed by atoms with E-state index in [4.69, 9.17) is 0 Å². The van der Waals surface area contributed by atoms with Gasteiger partial charge in [0.1, 0.15) is 0 Å². The summed E-state index contributed by atoms with van der Waals surface area (Å²) in [6.45, 7) is 0. The maximum atomic E-state index is 12.5. The van der Waals surface area contributed by atoms with Crippen LogP contribution < -0.4 is 38.3 Å². The zero-order chi connectivity index (χ0) is 13.2. The second-order valence-electron chi connectivity index (χ2n) is 3.61. The van der Waals surface area contributed by atoms with E-state index in [0.29, 0.717) is 0 Å². The quantitative estimate of drug-likeness (QED) is 0.486. The Morgan fingerprint density at radius 3 is 2.00 bits per heavy atom. The summed E-state index contributed by atoms with van der Waals surface area (Å²) in [4.78, 5) is -0.119.